The van der Waals surface area contributed by atoms with Crippen LogP contribution in [0.15, 0.2) is 54.6 Å². The molecule has 3 amide bonds. The molecule has 1 unspecified atom stereocenters. The van der Waals surface area contributed by atoms with Crippen molar-refractivity contribution in [3.8, 4) is 17.6 Å². The first kappa shape index (κ1) is 24.5. The summed E-state index contributed by atoms with van der Waals surface area (Å²) in [4.78, 5) is 24.6. The fourth-order valence-electron chi connectivity index (χ4n) is 3.77. The van der Waals surface area contributed by atoms with Gasteiger partial charge < -0.3 is 20.9 Å². The Balaban J connectivity index is 2.10. The lowest BCUT2D eigenvalue weighted by Crippen LogP contribution is -2.36. The number of primary amides is 1. The number of benzene rings is 3. The Hall–Kier alpha value is -4.16. The number of ether oxygens (including phenoxy) is 1. The molecule has 0 aliphatic rings. The van der Waals surface area contributed by atoms with E-state index in [0.717, 1.165) is 16.3 Å². The van der Waals surface area contributed by atoms with Gasteiger partial charge in [-0.3, -0.25) is 10.1 Å². The highest BCUT2D eigenvalue weighted by atomic mass is 32.1. The molecule has 3 aromatic carbocycles. The number of nitrogens with two attached hydrogens (primary N) is 1. The van der Waals surface area contributed by atoms with E-state index in [2.05, 4.69) is 10.6 Å². The summed E-state index contributed by atoms with van der Waals surface area (Å²) in [7, 11) is 1.38. The van der Waals surface area contributed by atoms with Gasteiger partial charge in [-0.25, -0.2) is 4.79 Å². The number of rotatable bonds is 8. The van der Waals surface area contributed by atoms with Gasteiger partial charge in [0.2, 0.25) is 5.91 Å². The number of hydrogen-bond acceptors (Lipinski definition) is 6. The SMILES string of the molecule is COc1ccc(C(Cc2ccc3ccccc3c2)C(=O)NCCC#N)c(C(=S)NC(N)=O)c1O. The van der Waals surface area contributed by atoms with E-state index in [4.69, 9.17) is 28.0 Å². The monoisotopic (exact) mass is 476 g/mol. The van der Waals surface area contributed by atoms with Gasteiger partial charge >= 0.3 is 6.03 Å². The van der Waals surface area contributed by atoms with Crippen molar-refractivity contribution in [3.63, 3.8) is 0 Å². The van der Waals surface area contributed by atoms with Gasteiger partial charge in [0, 0.05) is 6.54 Å². The maximum absolute atomic E-state index is 13.3. The summed E-state index contributed by atoms with van der Waals surface area (Å²) in [5.41, 5.74) is 6.58. The summed E-state index contributed by atoms with van der Waals surface area (Å²) in [5.74, 6) is -1.33. The van der Waals surface area contributed by atoms with Crippen molar-refractivity contribution in [2.75, 3.05) is 13.7 Å². The minimum Gasteiger partial charge on any atom is -0.504 e. The van der Waals surface area contributed by atoms with E-state index in [0.29, 0.717) is 5.56 Å². The molecule has 5 N–H and O–H groups in total. The molecule has 34 heavy (non-hydrogen) atoms. The van der Waals surface area contributed by atoms with E-state index in [-0.39, 0.29) is 47.3 Å². The van der Waals surface area contributed by atoms with Crippen LogP contribution < -0.4 is 21.1 Å². The van der Waals surface area contributed by atoms with E-state index < -0.39 is 11.9 Å². The molecule has 9 heteroatoms. The number of carbonyl (C=O) groups is 2. The molecule has 0 fully saturated rings. The molecule has 8 nitrogen and oxygen atoms in total. The second kappa shape index (κ2) is 11.1. The molecular weight excluding hydrogens is 452 g/mol. The van der Waals surface area contributed by atoms with Crippen molar-refractivity contribution in [1.29, 1.82) is 5.26 Å². The van der Waals surface area contributed by atoms with Gasteiger partial charge in [0.05, 0.1) is 31.1 Å². The molecule has 1 atom stereocenters. The van der Waals surface area contributed by atoms with Crippen molar-refractivity contribution in [2.24, 2.45) is 5.73 Å². The first-order chi connectivity index (χ1) is 16.3. The first-order valence-corrected chi connectivity index (χ1v) is 10.9. The molecule has 0 bridgehead atoms. The molecule has 0 aromatic heterocycles. The maximum Gasteiger partial charge on any atom is 0.317 e. The molecular formula is C25H24N4O4S. The molecule has 3 rings (SSSR count). The third-order valence-corrected chi connectivity index (χ3v) is 5.64. The van der Waals surface area contributed by atoms with E-state index >= 15 is 0 Å². The van der Waals surface area contributed by atoms with Crippen LogP contribution >= 0.6 is 12.2 Å². The number of hydrogen-bond donors (Lipinski definition) is 4. The lowest BCUT2D eigenvalue weighted by atomic mass is 9.86. The molecule has 0 aliphatic carbocycles. The highest BCUT2D eigenvalue weighted by Crippen LogP contribution is 2.37. The molecule has 0 aliphatic heterocycles. The molecule has 0 spiro atoms. The highest BCUT2D eigenvalue weighted by molar-refractivity contribution is 7.80. The fraction of sp³-hybridized carbons (Fsp3) is 0.200. The van der Waals surface area contributed by atoms with Crippen molar-refractivity contribution in [2.45, 2.75) is 18.8 Å². The Morgan fingerprint density at radius 2 is 1.91 bits per heavy atom. The first-order valence-electron chi connectivity index (χ1n) is 10.5. The molecule has 0 radical (unpaired) electrons. The minimum atomic E-state index is -0.900. The Labute approximate surface area is 202 Å². The van der Waals surface area contributed by atoms with E-state index in [9.17, 15) is 14.7 Å². The van der Waals surface area contributed by atoms with Crippen molar-refractivity contribution < 1.29 is 19.4 Å². The van der Waals surface area contributed by atoms with E-state index in [1.54, 1.807) is 6.07 Å². The zero-order chi connectivity index (χ0) is 24.7. The Morgan fingerprint density at radius 1 is 1.18 bits per heavy atom. The van der Waals surface area contributed by atoms with Gasteiger partial charge in [0.25, 0.3) is 0 Å². The Kier molecular flexibility index (Phi) is 8.01. The summed E-state index contributed by atoms with van der Waals surface area (Å²) < 4.78 is 5.19. The van der Waals surface area contributed by atoms with E-state index in [1.165, 1.54) is 13.2 Å². The molecule has 0 saturated heterocycles. The number of phenolic OH excluding ortho intramolecular Hbond substituents is 1. The fourth-order valence-corrected chi connectivity index (χ4v) is 4.08. The number of urea groups is 1. The normalized spacial score (nSPS) is 11.3. The molecule has 0 saturated carbocycles. The van der Waals surface area contributed by atoms with Crippen LogP contribution in [0.4, 0.5) is 4.79 Å². The summed E-state index contributed by atoms with van der Waals surface area (Å²) in [6.07, 6.45) is 0.429. The van der Waals surface area contributed by atoms with Crippen LogP contribution in [-0.2, 0) is 11.2 Å². The largest absolute Gasteiger partial charge is 0.504 e. The van der Waals surface area contributed by atoms with Crippen molar-refractivity contribution in [3.05, 3.63) is 71.3 Å². The lowest BCUT2D eigenvalue weighted by Gasteiger charge is -2.22. The van der Waals surface area contributed by atoms with Crippen molar-refractivity contribution in [1.82, 2.24) is 10.6 Å². The van der Waals surface area contributed by atoms with Crippen LogP contribution in [0.2, 0.25) is 0 Å². The van der Waals surface area contributed by atoms with Crippen LogP contribution in [0.5, 0.6) is 11.5 Å². The smallest absolute Gasteiger partial charge is 0.317 e. The quantitative estimate of drug-likeness (QED) is 0.291. The lowest BCUT2D eigenvalue weighted by molar-refractivity contribution is -0.122. The predicted octanol–water partition coefficient (Wildman–Crippen LogP) is 3.25. The number of fused-ring (bicyclic) bond motifs is 1. The second-order valence-corrected chi connectivity index (χ2v) is 7.94. The highest BCUT2D eigenvalue weighted by Gasteiger charge is 2.28. The van der Waals surface area contributed by atoms with Crippen LogP contribution in [0.3, 0.4) is 0 Å². The van der Waals surface area contributed by atoms with Gasteiger partial charge in [-0.1, -0.05) is 60.7 Å². The third-order valence-electron chi connectivity index (χ3n) is 5.34. The average molecular weight is 477 g/mol. The number of nitrogens with zero attached hydrogens (tertiary/aromatic N) is 1. The van der Waals surface area contributed by atoms with Gasteiger partial charge in [0.15, 0.2) is 11.5 Å². The van der Waals surface area contributed by atoms with Gasteiger partial charge in [-0.2, -0.15) is 5.26 Å². The topological polar surface area (TPSA) is 137 Å². The number of aromatic hydroxyl groups is 1. The van der Waals surface area contributed by atoms with Gasteiger partial charge in [-0.05, 0) is 34.4 Å². The number of nitrogens with one attached hydrogen (secondary N) is 2. The maximum atomic E-state index is 13.3. The number of nitriles is 1. The minimum absolute atomic E-state index is 0.0781. The number of thiocarbonyl (C=S) groups is 1. The summed E-state index contributed by atoms with van der Waals surface area (Å²) in [6, 6.07) is 18.0. The number of carbonyl (C=O) groups excluding carboxylic acids is 2. The van der Waals surface area contributed by atoms with Gasteiger partial charge in [-0.15, -0.1) is 0 Å². The number of amides is 3. The zero-order valence-corrected chi connectivity index (χ0v) is 19.3. The molecule has 0 heterocycles. The zero-order valence-electron chi connectivity index (χ0n) is 18.5. The average Bonchev–Trinajstić information content (AvgIpc) is 2.81. The van der Waals surface area contributed by atoms with Gasteiger partial charge in [0.1, 0.15) is 4.99 Å². The Bertz CT molecular complexity index is 1290. The van der Waals surface area contributed by atoms with Crippen molar-refractivity contribution >= 4 is 39.9 Å². The summed E-state index contributed by atoms with van der Waals surface area (Å²) >= 11 is 5.32. The number of phenols is 1. The summed E-state index contributed by atoms with van der Waals surface area (Å²) in [6.45, 7) is 0.172. The predicted molar refractivity (Wildman–Crippen MR) is 133 cm³/mol. The van der Waals surface area contributed by atoms with Crippen LogP contribution in [0.1, 0.15) is 29.0 Å². The van der Waals surface area contributed by atoms with Crippen LogP contribution in [0, 0.1) is 11.3 Å². The number of methoxy groups -OCH3 is 1. The molecule has 174 valence electrons. The second-order valence-electron chi connectivity index (χ2n) is 7.54. The van der Waals surface area contributed by atoms with E-state index in [1.807, 2.05) is 48.5 Å². The summed E-state index contributed by atoms with van der Waals surface area (Å²) in [5, 5.41) is 26.8. The molecule has 3 aromatic rings. The Morgan fingerprint density at radius 3 is 2.59 bits per heavy atom. The van der Waals surface area contributed by atoms with Crippen LogP contribution in [0.25, 0.3) is 10.8 Å². The standard InChI is InChI=1S/C25H24N4O4S/c1-33-20-10-9-18(21(22(20)30)24(34)29-25(27)32)19(23(31)28-12-4-11-26)14-15-7-8-16-5-2-3-6-17(16)13-15/h2-3,5-10,13,19,30H,4,12,14H2,1H3,(H,28,31)(H3,27,29,32,34). The van der Waals surface area contributed by atoms with Crippen LogP contribution in [-0.4, -0.2) is 35.7 Å². The third kappa shape index (κ3) is 5.60.